The van der Waals surface area contributed by atoms with Crippen molar-refractivity contribution in [2.24, 2.45) is 11.8 Å². The van der Waals surface area contributed by atoms with Gasteiger partial charge in [0, 0.05) is 28.3 Å². The van der Waals surface area contributed by atoms with Crippen LogP contribution in [0.15, 0.2) is 54.7 Å². The largest absolute Gasteiger partial charge is 0.496 e. The molecule has 2 aromatic carbocycles. The summed E-state index contributed by atoms with van der Waals surface area (Å²) in [6.45, 7) is 0. The summed E-state index contributed by atoms with van der Waals surface area (Å²) in [5.41, 5.74) is 2.08. The van der Waals surface area contributed by atoms with E-state index in [1.165, 1.54) is 30.0 Å². The summed E-state index contributed by atoms with van der Waals surface area (Å²) >= 11 is 7.78. The van der Waals surface area contributed by atoms with Crippen LogP contribution in [0.25, 0.3) is 21.2 Å². The maximum absolute atomic E-state index is 14.4. The van der Waals surface area contributed by atoms with Gasteiger partial charge in [0.2, 0.25) is 5.95 Å². The molecule has 0 aliphatic heterocycles. The van der Waals surface area contributed by atoms with Crippen LogP contribution in [0.1, 0.15) is 53.8 Å². The lowest BCUT2D eigenvalue weighted by Crippen LogP contribution is -2.23. The van der Waals surface area contributed by atoms with Crippen molar-refractivity contribution in [1.82, 2.24) is 4.98 Å². The molecular weight excluding hydrogens is 512 g/mol. The molecule has 1 aliphatic carbocycles. The molecule has 0 bridgehead atoms. The van der Waals surface area contributed by atoms with Crippen LogP contribution in [0, 0.1) is 23.6 Å². The lowest BCUT2D eigenvalue weighted by molar-refractivity contribution is 0.0934. The van der Waals surface area contributed by atoms with Crippen molar-refractivity contribution in [3.05, 3.63) is 82.0 Å². The van der Waals surface area contributed by atoms with Crippen molar-refractivity contribution in [2.75, 3.05) is 7.11 Å². The van der Waals surface area contributed by atoms with Crippen molar-refractivity contribution >= 4 is 38.8 Å². The van der Waals surface area contributed by atoms with Crippen LogP contribution in [0.2, 0.25) is 5.02 Å². The molecule has 0 radical (unpaired) electrons. The number of fused-ring (bicyclic) bond motifs is 1. The number of ketones is 1. The van der Waals surface area contributed by atoms with E-state index in [0.29, 0.717) is 45.0 Å². The Bertz CT molecular complexity index is 1430. The van der Waals surface area contributed by atoms with Gasteiger partial charge < -0.3 is 4.74 Å². The van der Waals surface area contributed by atoms with Crippen molar-refractivity contribution in [3.63, 3.8) is 0 Å². The van der Waals surface area contributed by atoms with Gasteiger partial charge in [0.1, 0.15) is 11.6 Å². The third kappa shape index (κ3) is 5.41. The average molecular weight is 540 g/mol. The number of benzene rings is 2. The zero-order valence-electron chi connectivity index (χ0n) is 20.6. The Balaban J connectivity index is 1.48. The highest BCUT2D eigenvalue weighted by Gasteiger charge is 2.29. The third-order valence-electron chi connectivity index (χ3n) is 7.46. The van der Waals surface area contributed by atoms with Crippen LogP contribution in [0.3, 0.4) is 0 Å². The maximum Gasteiger partial charge on any atom is 0.220 e. The van der Waals surface area contributed by atoms with Crippen LogP contribution < -0.4 is 4.74 Å². The number of nitrogens with zero attached hydrogens (tertiary/aromatic N) is 1. The highest BCUT2D eigenvalue weighted by molar-refractivity contribution is 7.21. The van der Waals surface area contributed by atoms with Crippen LogP contribution >= 0.6 is 22.9 Å². The molecule has 1 unspecified atom stereocenters. The van der Waals surface area contributed by atoms with Gasteiger partial charge in [-0.3, -0.25) is 4.79 Å². The second kappa shape index (κ2) is 11.3. The normalized spacial score (nSPS) is 15.1. The van der Waals surface area contributed by atoms with Gasteiger partial charge in [0.25, 0.3) is 0 Å². The SMILES string of the molecule is COc1ccc(-c2cccnc2F)cc1CC(CC(=O)c1sc2cccc(F)c2c1Cl)C1CCCCC1. The molecule has 4 aromatic rings. The summed E-state index contributed by atoms with van der Waals surface area (Å²) in [7, 11) is 1.62. The summed E-state index contributed by atoms with van der Waals surface area (Å²) in [5, 5.41) is 0.525. The summed E-state index contributed by atoms with van der Waals surface area (Å²) in [6, 6.07) is 13.8. The summed E-state index contributed by atoms with van der Waals surface area (Å²) in [4.78, 5) is 17.8. The molecule has 37 heavy (non-hydrogen) atoms. The number of Topliss-reactive ketones (excluding diaryl/α,β-unsaturated/α-hetero) is 1. The van der Waals surface area contributed by atoms with Crippen molar-refractivity contribution < 1.29 is 18.3 Å². The minimum Gasteiger partial charge on any atom is -0.496 e. The Labute approximate surface area is 224 Å². The molecule has 192 valence electrons. The molecule has 7 heteroatoms. The zero-order chi connectivity index (χ0) is 25.9. The van der Waals surface area contributed by atoms with E-state index in [2.05, 4.69) is 4.98 Å². The van der Waals surface area contributed by atoms with Gasteiger partial charge in [-0.2, -0.15) is 4.39 Å². The van der Waals surface area contributed by atoms with Crippen molar-refractivity contribution in [2.45, 2.75) is 44.9 Å². The summed E-state index contributed by atoms with van der Waals surface area (Å²) in [6.07, 6.45) is 7.97. The van der Waals surface area contributed by atoms with Gasteiger partial charge in [-0.1, -0.05) is 55.8 Å². The number of rotatable bonds is 8. The molecule has 1 fully saturated rings. The second-order valence-corrected chi connectivity index (χ2v) is 11.1. The van der Waals surface area contributed by atoms with E-state index < -0.39 is 11.8 Å². The molecular formula is C30H28ClF2NO2S. The highest BCUT2D eigenvalue weighted by Crippen LogP contribution is 2.41. The molecule has 0 N–H and O–H groups in total. The Morgan fingerprint density at radius 2 is 1.95 bits per heavy atom. The average Bonchev–Trinajstić information content (AvgIpc) is 3.26. The van der Waals surface area contributed by atoms with Gasteiger partial charge in [-0.05, 0) is 65.8 Å². The standard InChI is InChI=1S/C30H28ClF2NO2S/c1-36-25-13-12-19(22-9-6-14-34-30(22)33)15-21(25)16-20(18-7-3-2-4-8-18)17-24(35)29-28(31)27-23(32)10-5-11-26(27)37-29/h5-6,9-15,18,20H,2-4,7-8,16-17H2,1H3. The van der Waals surface area contributed by atoms with Crippen LogP contribution in [0.4, 0.5) is 8.78 Å². The predicted octanol–water partition coefficient (Wildman–Crippen LogP) is 8.92. The van der Waals surface area contributed by atoms with Gasteiger partial charge in [0.15, 0.2) is 5.78 Å². The second-order valence-electron chi connectivity index (χ2n) is 9.72. The minimum absolute atomic E-state index is 0.0572. The first-order chi connectivity index (χ1) is 18.0. The van der Waals surface area contributed by atoms with E-state index in [1.54, 1.807) is 31.4 Å². The number of aromatic nitrogens is 1. The lowest BCUT2D eigenvalue weighted by Gasteiger charge is -2.30. The van der Waals surface area contributed by atoms with Crippen molar-refractivity contribution in [1.29, 1.82) is 0 Å². The number of ether oxygens (including phenoxy) is 1. The predicted molar refractivity (Wildman–Crippen MR) is 146 cm³/mol. The molecule has 0 saturated heterocycles. The van der Waals surface area contributed by atoms with Gasteiger partial charge in [-0.25, -0.2) is 9.37 Å². The van der Waals surface area contributed by atoms with Crippen LogP contribution in [-0.2, 0) is 6.42 Å². The third-order valence-corrected chi connectivity index (χ3v) is 9.14. The van der Waals surface area contributed by atoms with Gasteiger partial charge in [-0.15, -0.1) is 11.3 Å². The maximum atomic E-state index is 14.4. The summed E-state index contributed by atoms with van der Waals surface area (Å²) in [5.74, 6) is 0.154. The fourth-order valence-corrected chi connectivity index (χ4v) is 7.11. The van der Waals surface area contributed by atoms with E-state index in [0.717, 1.165) is 36.8 Å². The molecule has 0 amide bonds. The van der Waals surface area contributed by atoms with Crippen LogP contribution in [0.5, 0.6) is 5.75 Å². The van der Waals surface area contributed by atoms with E-state index in [1.807, 2.05) is 18.2 Å². The quantitative estimate of drug-likeness (QED) is 0.166. The van der Waals surface area contributed by atoms with Gasteiger partial charge in [0.05, 0.1) is 17.0 Å². The molecule has 2 heterocycles. The van der Waals surface area contributed by atoms with Crippen molar-refractivity contribution in [3.8, 4) is 16.9 Å². The summed E-state index contributed by atoms with van der Waals surface area (Å²) < 4.78 is 35.2. The molecule has 1 aliphatic rings. The molecule has 0 spiro atoms. The number of pyridine rings is 1. The number of hydrogen-bond donors (Lipinski definition) is 0. The van der Waals surface area contributed by atoms with Crippen LogP contribution in [-0.4, -0.2) is 17.9 Å². The number of methoxy groups -OCH3 is 1. The first-order valence-corrected chi connectivity index (χ1v) is 13.8. The Morgan fingerprint density at radius 3 is 2.68 bits per heavy atom. The number of carbonyl (C=O) groups is 1. The molecule has 5 rings (SSSR count). The number of hydrogen-bond acceptors (Lipinski definition) is 4. The fourth-order valence-electron chi connectivity index (χ4n) is 5.58. The minimum atomic E-state index is -0.524. The molecule has 1 saturated carbocycles. The molecule has 3 nitrogen and oxygen atoms in total. The van der Waals surface area contributed by atoms with E-state index in [4.69, 9.17) is 16.3 Å². The number of halogens is 3. The first-order valence-electron chi connectivity index (χ1n) is 12.6. The Kier molecular flexibility index (Phi) is 7.87. The first kappa shape index (κ1) is 25.8. The van der Waals surface area contributed by atoms with E-state index in [9.17, 15) is 13.6 Å². The number of carbonyl (C=O) groups excluding carboxylic acids is 1. The van der Waals surface area contributed by atoms with Gasteiger partial charge >= 0.3 is 0 Å². The smallest absolute Gasteiger partial charge is 0.220 e. The lowest BCUT2D eigenvalue weighted by atomic mass is 9.75. The van der Waals surface area contributed by atoms with E-state index >= 15 is 0 Å². The monoisotopic (exact) mass is 539 g/mol. The highest BCUT2D eigenvalue weighted by atomic mass is 35.5. The fraction of sp³-hybridized carbons (Fsp3) is 0.333. The molecule has 2 aromatic heterocycles. The number of thiophene rings is 1. The molecule has 1 atom stereocenters. The Morgan fingerprint density at radius 1 is 1.14 bits per heavy atom. The topological polar surface area (TPSA) is 39.2 Å². The Hall–Kier alpha value is -2.83. The van der Waals surface area contributed by atoms with E-state index in [-0.39, 0.29) is 16.7 Å². The zero-order valence-corrected chi connectivity index (χ0v) is 22.2.